The summed E-state index contributed by atoms with van der Waals surface area (Å²) in [6.07, 6.45) is 2.80. The fourth-order valence-corrected chi connectivity index (χ4v) is 2.20. The lowest BCUT2D eigenvalue weighted by Crippen LogP contribution is -2.17. The number of hydrogen-bond acceptors (Lipinski definition) is 2. The number of aryl methyl sites for hydroxylation is 1. The van der Waals surface area contributed by atoms with Crippen molar-refractivity contribution < 1.29 is 13.6 Å². The first-order chi connectivity index (χ1) is 10.9. The smallest absolute Gasteiger partial charge is 0.225 e. The summed E-state index contributed by atoms with van der Waals surface area (Å²) in [5, 5.41) is 6.96. The molecule has 0 atom stereocenters. The van der Waals surface area contributed by atoms with Crippen molar-refractivity contribution in [3.8, 4) is 0 Å². The zero-order valence-corrected chi connectivity index (χ0v) is 13.6. The van der Waals surface area contributed by atoms with Crippen LogP contribution in [0.3, 0.4) is 0 Å². The van der Waals surface area contributed by atoms with E-state index in [9.17, 15) is 13.6 Å². The SMILES string of the molecule is Cc1cnn(Cc2cc(F)ccc2F)c1NC(=O)CCC(C)C. The lowest BCUT2D eigenvalue weighted by atomic mass is 10.1. The number of carbonyl (C=O) groups excluding carboxylic acids is 1. The van der Waals surface area contributed by atoms with E-state index in [2.05, 4.69) is 24.3 Å². The minimum Gasteiger partial charge on any atom is -0.311 e. The quantitative estimate of drug-likeness (QED) is 0.877. The van der Waals surface area contributed by atoms with Gasteiger partial charge in [0.25, 0.3) is 0 Å². The van der Waals surface area contributed by atoms with Crippen molar-refractivity contribution in [3.05, 3.63) is 47.2 Å². The van der Waals surface area contributed by atoms with Gasteiger partial charge in [-0.25, -0.2) is 13.5 Å². The van der Waals surface area contributed by atoms with Gasteiger partial charge in [0.2, 0.25) is 5.91 Å². The van der Waals surface area contributed by atoms with E-state index < -0.39 is 11.6 Å². The van der Waals surface area contributed by atoms with Crippen LogP contribution in [0.1, 0.15) is 37.8 Å². The van der Waals surface area contributed by atoms with Gasteiger partial charge in [-0.15, -0.1) is 0 Å². The van der Waals surface area contributed by atoms with Crippen molar-refractivity contribution in [2.45, 2.75) is 40.2 Å². The molecule has 2 aromatic rings. The van der Waals surface area contributed by atoms with Gasteiger partial charge in [-0.05, 0) is 37.5 Å². The average molecular weight is 321 g/mol. The maximum absolute atomic E-state index is 13.8. The third-order valence-corrected chi connectivity index (χ3v) is 3.56. The van der Waals surface area contributed by atoms with Crippen LogP contribution in [-0.4, -0.2) is 15.7 Å². The highest BCUT2D eigenvalue weighted by Crippen LogP contribution is 2.19. The number of hydrogen-bond donors (Lipinski definition) is 1. The molecule has 1 aromatic heterocycles. The molecule has 0 radical (unpaired) electrons. The Bertz CT molecular complexity index is 695. The number of rotatable bonds is 6. The largest absolute Gasteiger partial charge is 0.311 e. The first-order valence-corrected chi connectivity index (χ1v) is 7.63. The maximum atomic E-state index is 13.8. The van der Waals surface area contributed by atoms with E-state index in [0.29, 0.717) is 18.2 Å². The standard InChI is InChI=1S/C17H21F2N3O/c1-11(2)4-7-16(23)21-17-12(3)9-20-22(17)10-13-8-14(18)5-6-15(13)19/h5-6,8-9,11H,4,7,10H2,1-3H3,(H,21,23). The minimum atomic E-state index is -0.507. The van der Waals surface area contributed by atoms with E-state index in [-0.39, 0.29) is 18.0 Å². The Balaban J connectivity index is 2.15. The number of nitrogens with one attached hydrogen (secondary N) is 1. The van der Waals surface area contributed by atoms with Gasteiger partial charge in [0.05, 0.1) is 12.7 Å². The lowest BCUT2D eigenvalue weighted by Gasteiger charge is -2.11. The van der Waals surface area contributed by atoms with Gasteiger partial charge in [0, 0.05) is 17.5 Å². The molecule has 0 aliphatic rings. The fraction of sp³-hybridized carbons (Fsp3) is 0.412. The van der Waals surface area contributed by atoms with E-state index in [4.69, 9.17) is 0 Å². The van der Waals surface area contributed by atoms with E-state index in [1.165, 1.54) is 4.68 Å². The second-order valence-electron chi connectivity index (χ2n) is 6.05. The summed E-state index contributed by atoms with van der Waals surface area (Å²) in [6.45, 7) is 5.96. The number of amides is 1. The molecule has 0 unspecified atom stereocenters. The van der Waals surface area contributed by atoms with Gasteiger partial charge in [-0.2, -0.15) is 5.10 Å². The Morgan fingerprint density at radius 2 is 2.09 bits per heavy atom. The van der Waals surface area contributed by atoms with Crippen LogP contribution >= 0.6 is 0 Å². The zero-order valence-electron chi connectivity index (χ0n) is 13.6. The molecule has 2 rings (SSSR count). The highest BCUT2D eigenvalue weighted by molar-refractivity contribution is 5.90. The number of anilines is 1. The van der Waals surface area contributed by atoms with Gasteiger partial charge in [-0.3, -0.25) is 4.79 Å². The summed E-state index contributed by atoms with van der Waals surface area (Å²) in [7, 11) is 0. The van der Waals surface area contributed by atoms with Crippen LogP contribution in [0, 0.1) is 24.5 Å². The van der Waals surface area contributed by atoms with Crippen molar-refractivity contribution in [3.63, 3.8) is 0 Å². The Kier molecular flexibility index (Phi) is 5.47. The maximum Gasteiger partial charge on any atom is 0.225 e. The highest BCUT2D eigenvalue weighted by atomic mass is 19.1. The molecule has 0 saturated heterocycles. The molecule has 0 saturated carbocycles. The summed E-state index contributed by atoms with van der Waals surface area (Å²) in [6, 6.07) is 3.29. The second kappa shape index (κ2) is 7.35. The third-order valence-electron chi connectivity index (χ3n) is 3.56. The number of carbonyl (C=O) groups is 1. The Morgan fingerprint density at radius 3 is 2.78 bits per heavy atom. The summed E-state index contributed by atoms with van der Waals surface area (Å²) < 4.78 is 28.5. The predicted octanol–water partition coefficient (Wildman–Crippen LogP) is 3.89. The van der Waals surface area contributed by atoms with Gasteiger partial charge in [0.1, 0.15) is 17.5 Å². The Labute approximate surface area is 134 Å². The molecule has 4 nitrogen and oxygen atoms in total. The molecule has 23 heavy (non-hydrogen) atoms. The van der Waals surface area contributed by atoms with Crippen LogP contribution in [0.5, 0.6) is 0 Å². The second-order valence-corrected chi connectivity index (χ2v) is 6.05. The van der Waals surface area contributed by atoms with Gasteiger partial charge >= 0.3 is 0 Å². The molecule has 1 aromatic carbocycles. The van der Waals surface area contributed by atoms with Crippen LogP contribution < -0.4 is 5.32 Å². The summed E-state index contributed by atoms with van der Waals surface area (Å²) in [5.74, 6) is -0.164. The molecule has 124 valence electrons. The van der Waals surface area contributed by atoms with Crippen LogP contribution in [0.15, 0.2) is 24.4 Å². The number of halogens is 2. The molecule has 0 aliphatic heterocycles. The van der Waals surface area contributed by atoms with E-state index in [0.717, 1.165) is 30.2 Å². The molecule has 0 spiro atoms. The van der Waals surface area contributed by atoms with E-state index >= 15 is 0 Å². The lowest BCUT2D eigenvalue weighted by molar-refractivity contribution is -0.116. The molecule has 0 bridgehead atoms. The summed E-state index contributed by atoms with van der Waals surface area (Å²) >= 11 is 0. The number of nitrogens with zero attached hydrogens (tertiary/aromatic N) is 2. The minimum absolute atomic E-state index is 0.0528. The molecule has 0 fully saturated rings. The van der Waals surface area contributed by atoms with Crippen LogP contribution in [0.4, 0.5) is 14.6 Å². The molecule has 1 N–H and O–H groups in total. The Morgan fingerprint density at radius 1 is 1.35 bits per heavy atom. The van der Waals surface area contributed by atoms with E-state index in [1.54, 1.807) is 6.20 Å². The van der Waals surface area contributed by atoms with Crippen LogP contribution in [0.2, 0.25) is 0 Å². The molecule has 1 heterocycles. The summed E-state index contributed by atoms with van der Waals surface area (Å²) in [4.78, 5) is 12.0. The number of benzene rings is 1. The monoisotopic (exact) mass is 321 g/mol. The van der Waals surface area contributed by atoms with Crippen molar-refractivity contribution >= 4 is 11.7 Å². The van der Waals surface area contributed by atoms with Gasteiger partial charge in [-0.1, -0.05) is 13.8 Å². The molecular formula is C17H21F2N3O. The fourth-order valence-electron chi connectivity index (χ4n) is 2.20. The van der Waals surface area contributed by atoms with Crippen molar-refractivity contribution in [2.75, 3.05) is 5.32 Å². The number of aromatic nitrogens is 2. The Hall–Kier alpha value is -2.24. The average Bonchev–Trinajstić information content (AvgIpc) is 2.82. The van der Waals surface area contributed by atoms with Crippen molar-refractivity contribution in [2.24, 2.45) is 5.92 Å². The predicted molar refractivity (Wildman–Crippen MR) is 85.1 cm³/mol. The normalized spacial score (nSPS) is 11.0. The first kappa shape index (κ1) is 17.1. The van der Waals surface area contributed by atoms with Gasteiger partial charge < -0.3 is 5.32 Å². The van der Waals surface area contributed by atoms with Crippen LogP contribution in [-0.2, 0) is 11.3 Å². The zero-order chi connectivity index (χ0) is 17.0. The highest BCUT2D eigenvalue weighted by Gasteiger charge is 2.14. The molecule has 1 amide bonds. The molecule has 6 heteroatoms. The van der Waals surface area contributed by atoms with E-state index in [1.807, 2.05) is 6.92 Å². The molecular weight excluding hydrogens is 300 g/mol. The topological polar surface area (TPSA) is 46.9 Å². The van der Waals surface area contributed by atoms with Crippen LogP contribution in [0.25, 0.3) is 0 Å². The first-order valence-electron chi connectivity index (χ1n) is 7.63. The van der Waals surface area contributed by atoms with Gasteiger partial charge in [0.15, 0.2) is 0 Å². The third kappa shape index (κ3) is 4.61. The van der Waals surface area contributed by atoms with Crippen molar-refractivity contribution in [1.29, 1.82) is 0 Å². The van der Waals surface area contributed by atoms with Crippen molar-refractivity contribution in [1.82, 2.24) is 9.78 Å². The summed E-state index contributed by atoms with van der Waals surface area (Å²) in [5.41, 5.74) is 0.963. The molecule has 0 aliphatic carbocycles.